The number of hydrogen-bond donors (Lipinski definition) is 5. The molecule has 0 bridgehead atoms. The normalized spacial score (nSPS) is 16.4. The fraction of sp³-hybridized carbons (Fsp3) is 0.269. The minimum Gasteiger partial charge on any atom is -0.489 e. The quantitative estimate of drug-likeness (QED) is 0.236. The molecule has 3 heterocycles. The van der Waals surface area contributed by atoms with Crippen LogP contribution in [0.3, 0.4) is 0 Å². The molecule has 1 saturated heterocycles. The first-order valence-electron chi connectivity index (χ1n) is 12.0. The van der Waals surface area contributed by atoms with Crippen LogP contribution in [-0.4, -0.2) is 39.5 Å². The molecule has 4 aromatic rings. The maximum atomic E-state index is 13.6. The lowest BCUT2D eigenvalue weighted by molar-refractivity contribution is -0.137. The number of fused-ring (bicyclic) bond motifs is 1. The molecule has 0 saturated carbocycles. The fourth-order valence-corrected chi connectivity index (χ4v) is 4.45. The summed E-state index contributed by atoms with van der Waals surface area (Å²) in [5, 5.41) is 8.85. The van der Waals surface area contributed by atoms with Gasteiger partial charge in [-0.3, -0.25) is 4.79 Å². The van der Waals surface area contributed by atoms with E-state index >= 15 is 0 Å². The number of pyridine rings is 1. The summed E-state index contributed by atoms with van der Waals surface area (Å²) in [5.41, 5.74) is 0.472. The van der Waals surface area contributed by atoms with Gasteiger partial charge in [0.05, 0.1) is 22.2 Å². The number of aromatic amines is 2. The molecule has 2 aromatic carbocycles. The molecule has 198 valence electrons. The molecule has 38 heavy (non-hydrogen) atoms. The van der Waals surface area contributed by atoms with Crippen LogP contribution in [-0.2, 0) is 6.18 Å². The van der Waals surface area contributed by atoms with Crippen LogP contribution >= 0.6 is 0 Å². The van der Waals surface area contributed by atoms with E-state index in [4.69, 9.17) is 4.74 Å². The third-order valence-corrected chi connectivity index (χ3v) is 6.31. The van der Waals surface area contributed by atoms with Crippen molar-refractivity contribution in [3.05, 3.63) is 76.3 Å². The Hall–Kier alpha value is -4.32. The predicted molar refractivity (Wildman–Crippen MR) is 137 cm³/mol. The van der Waals surface area contributed by atoms with Crippen molar-refractivity contribution in [2.24, 2.45) is 0 Å². The highest BCUT2D eigenvalue weighted by atomic mass is 19.4. The zero-order valence-corrected chi connectivity index (χ0v) is 20.3. The maximum absolute atomic E-state index is 13.6. The molecule has 2 unspecified atom stereocenters. The number of aromatic nitrogens is 3. The number of nitrogens with one attached hydrogen (secondary N) is 5. The Bertz CT molecular complexity index is 1520. The summed E-state index contributed by atoms with van der Waals surface area (Å²) in [6.07, 6.45) is -1.67. The highest BCUT2D eigenvalue weighted by Crippen LogP contribution is 2.35. The molecule has 5 rings (SSSR count). The molecule has 2 atom stereocenters. The Morgan fingerprint density at radius 3 is 2.68 bits per heavy atom. The van der Waals surface area contributed by atoms with Gasteiger partial charge in [-0.1, -0.05) is 0 Å². The summed E-state index contributed by atoms with van der Waals surface area (Å²) < 4.78 is 46.8. The number of rotatable bonds is 7. The van der Waals surface area contributed by atoms with E-state index in [0.29, 0.717) is 16.7 Å². The number of amides is 1. The van der Waals surface area contributed by atoms with Crippen LogP contribution in [0, 0.1) is 0 Å². The van der Waals surface area contributed by atoms with Gasteiger partial charge in [-0.05, 0) is 68.8 Å². The van der Waals surface area contributed by atoms with E-state index in [1.54, 1.807) is 31.2 Å². The molecule has 5 N–H and O–H groups in total. The second-order valence-electron chi connectivity index (χ2n) is 9.09. The van der Waals surface area contributed by atoms with Crippen LogP contribution in [0.2, 0.25) is 0 Å². The second kappa shape index (κ2) is 10.2. The van der Waals surface area contributed by atoms with Gasteiger partial charge in [0.15, 0.2) is 0 Å². The molecule has 0 radical (unpaired) electrons. The van der Waals surface area contributed by atoms with E-state index in [1.807, 2.05) is 0 Å². The van der Waals surface area contributed by atoms with Crippen molar-refractivity contribution >= 4 is 34.1 Å². The maximum Gasteiger partial charge on any atom is 0.416 e. The molecule has 1 fully saturated rings. The van der Waals surface area contributed by atoms with Crippen molar-refractivity contribution in [3.63, 3.8) is 0 Å². The molecule has 1 amide bonds. The number of carbonyl (C=O) groups is 1. The number of anilines is 3. The second-order valence-corrected chi connectivity index (χ2v) is 9.09. The largest absolute Gasteiger partial charge is 0.489 e. The van der Waals surface area contributed by atoms with Crippen LogP contribution in [0.4, 0.5) is 30.4 Å². The molecule has 12 heteroatoms. The highest BCUT2D eigenvalue weighted by molar-refractivity contribution is 6.08. The predicted octanol–water partition coefficient (Wildman–Crippen LogP) is 4.79. The van der Waals surface area contributed by atoms with E-state index in [2.05, 4.69) is 30.9 Å². The third-order valence-electron chi connectivity index (χ3n) is 6.31. The molecule has 1 aliphatic heterocycles. The van der Waals surface area contributed by atoms with Crippen molar-refractivity contribution in [2.75, 3.05) is 17.2 Å². The minimum atomic E-state index is -4.63. The average molecular weight is 527 g/mol. The summed E-state index contributed by atoms with van der Waals surface area (Å²) in [7, 11) is 0. The molecule has 2 aromatic heterocycles. The monoisotopic (exact) mass is 526 g/mol. The Kier molecular flexibility index (Phi) is 6.81. The number of benzene rings is 2. The summed E-state index contributed by atoms with van der Waals surface area (Å²) in [6, 6.07) is 11.3. The Morgan fingerprint density at radius 2 is 1.92 bits per heavy atom. The smallest absolute Gasteiger partial charge is 0.416 e. The first-order chi connectivity index (χ1) is 18.2. The molecular formula is C26H25F3N6O3. The van der Waals surface area contributed by atoms with Gasteiger partial charge in [0.2, 0.25) is 0 Å². The average Bonchev–Trinajstić information content (AvgIpc) is 3.53. The van der Waals surface area contributed by atoms with E-state index in [-0.39, 0.29) is 40.7 Å². The van der Waals surface area contributed by atoms with E-state index in [0.717, 1.165) is 31.5 Å². The van der Waals surface area contributed by atoms with Gasteiger partial charge >= 0.3 is 11.9 Å². The zero-order valence-electron chi connectivity index (χ0n) is 20.3. The first-order valence-corrected chi connectivity index (χ1v) is 12.0. The van der Waals surface area contributed by atoms with Gasteiger partial charge in [-0.2, -0.15) is 13.2 Å². The molecular weight excluding hydrogens is 501 g/mol. The SMILES string of the molecule is CC(Oc1cc(NC(=O)c2cccnc2Nc2ccc3[nH]c(=O)[nH]c3c2)cc(C(F)(F)F)c1)C1CCCN1. The number of carbonyl (C=O) groups excluding carboxylic acids is 1. The lowest BCUT2D eigenvalue weighted by Crippen LogP contribution is -2.36. The topological polar surface area (TPSA) is 124 Å². The molecule has 1 aliphatic rings. The molecule has 0 spiro atoms. The van der Waals surface area contributed by atoms with Crippen molar-refractivity contribution in [1.82, 2.24) is 20.3 Å². The standard InChI is InChI=1S/C26H25F3N6O3/c1-14(20-5-3-8-30-20)38-18-11-15(26(27,28)29)10-17(12-18)33-24(36)19-4-2-9-31-23(19)32-16-6-7-21-22(13-16)35-25(37)34-21/h2,4,6-7,9-14,20,30H,3,5,8H2,1H3,(H,31,32)(H,33,36)(H2,34,35,37). The third kappa shape index (κ3) is 5.65. The molecule has 0 aliphatic carbocycles. The zero-order chi connectivity index (χ0) is 26.9. The fourth-order valence-electron chi connectivity index (χ4n) is 4.45. The van der Waals surface area contributed by atoms with Crippen molar-refractivity contribution in [3.8, 4) is 5.75 Å². The number of ether oxygens (including phenoxy) is 1. The Labute approximate surface area is 214 Å². The van der Waals surface area contributed by atoms with Crippen molar-refractivity contribution in [2.45, 2.75) is 38.1 Å². The highest BCUT2D eigenvalue weighted by Gasteiger charge is 2.32. The summed E-state index contributed by atoms with van der Waals surface area (Å²) >= 11 is 0. The number of hydrogen-bond acceptors (Lipinski definition) is 6. The van der Waals surface area contributed by atoms with Gasteiger partial charge in [0, 0.05) is 29.7 Å². The van der Waals surface area contributed by atoms with Crippen molar-refractivity contribution < 1.29 is 22.7 Å². The minimum absolute atomic E-state index is 0.00894. The van der Waals surface area contributed by atoms with Gasteiger partial charge in [0.25, 0.3) is 5.91 Å². The number of alkyl halides is 3. The van der Waals surface area contributed by atoms with Gasteiger partial charge in [-0.25, -0.2) is 9.78 Å². The summed E-state index contributed by atoms with van der Waals surface area (Å²) in [4.78, 5) is 34.2. The lowest BCUT2D eigenvalue weighted by atomic mass is 10.1. The van der Waals surface area contributed by atoms with Crippen LogP contribution < -0.4 is 26.4 Å². The van der Waals surface area contributed by atoms with Crippen LogP contribution in [0.25, 0.3) is 11.0 Å². The van der Waals surface area contributed by atoms with Crippen LogP contribution in [0.1, 0.15) is 35.7 Å². The summed E-state index contributed by atoms with van der Waals surface area (Å²) in [6.45, 7) is 2.64. The number of imidazole rings is 1. The lowest BCUT2D eigenvalue weighted by Gasteiger charge is -2.22. The van der Waals surface area contributed by atoms with E-state index in [1.165, 1.54) is 18.3 Å². The van der Waals surface area contributed by atoms with Crippen molar-refractivity contribution in [1.29, 1.82) is 0 Å². The number of H-pyrrole nitrogens is 2. The number of halogens is 3. The van der Waals surface area contributed by atoms with E-state index < -0.39 is 17.6 Å². The van der Waals surface area contributed by atoms with Gasteiger partial charge < -0.3 is 30.7 Å². The van der Waals surface area contributed by atoms with Crippen LogP contribution in [0.15, 0.2) is 59.5 Å². The van der Waals surface area contributed by atoms with Crippen LogP contribution in [0.5, 0.6) is 5.75 Å². The summed E-state index contributed by atoms with van der Waals surface area (Å²) in [5.74, 6) is -0.464. The van der Waals surface area contributed by atoms with Gasteiger partial charge in [0.1, 0.15) is 17.7 Å². The first kappa shape index (κ1) is 25.3. The Balaban J connectivity index is 1.39. The Morgan fingerprint density at radius 1 is 1.11 bits per heavy atom. The number of nitrogens with zero attached hydrogens (tertiary/aromatic N) is 1. The van der Waals surface area contributed by atoms with Gasteiger partial charge in [-0.15, -0.1) is 0 Å². The molecule has 9 nitrogen and oxygen atoms in total. The van der Waals surface area contributed by atoms with E-state index in [9.17, 15) is 22.8 Å².